The largest absolute Gasteiger partial charge is 0.473 e. The van der Waals surface area contributed by atoms with E-state index in [0.717, 1.165) is 24.7 Å². The topological polar surface area (TPSA) is 87.1 Å². The van der Waals surface area contributed by atoms with Crippen molar-refractivity contribution in [2.75, 3.05) is 13.1 Å². The molecule has 2 rings (SSSR count). The minimum absolute atomic E-state index is 0.311. The molecule has 0 amide bonds. The van der Waals surface area contributed by atoms with E-state index < -0.39 is 11.9 Å². The molecule has 0 radical (unpaired) electrons. The summed E-state index contributed by atoms with van der Waals surface area (Å²) >= 11 is 6.16. The zero-order valence-electron chi connectivity index (χ0n) is 12.5. The highest BCUT2D eigenvalue weighted by Gasteiger charge is 2.22. The summed E-state index contributed by atoms with van der Waals surface area (Å²) < 4.78 is 5.71. The van der Waals surface area contributed by atoms with E-state index in [1.807, 2.05) is 18.2 Å². The second-order valence-electron chi connectivity index (χ2n) is 5.15. The van der Waals surface area contributed by atoms with Gasteiger partial charge in [0, 0.05) is 24.7 Å². The Balaban J connectivity index is 0.000000346. The molecule has 22 heavy (non-hydrogen) atoms. The predicted molar refractivity (Wildman–Crippen MR) is 82.0 cm³/mol. The van der Waals surface area contributed by atoms with Gasteiger partial charge in [-0.2, -0.15) is 0 Å². The molecule has 1 saturated heterocycles. The Morgan fingerprint density at radius 2 is 1.68 bits per heavy atom. The van der Waals surface area contributed by atoms with Gasteiger partial charge in [0.05, 0.1) is 12.2 Å². The average molecular weight is 330 g/mol. The Bertz CT molecular complexity index is 500. The molecule has 122 valence electrons. The minimum Gasteiger partial charge on any atom is -0.473 e. The maximum atomic E-state index is 9.10. The lowest BCUT2D eigenvalue weighted by Gasteiger charge is -2.35. The van der Waals surface area contributed by atoms with E-state index in [0.29, 0.717) is 12.2 Å². The van der Waals surface area contributed by atoms with Gasteiger partial charge in [0.15, 0.2) is 0 Å². The summed E-state index contributed by atoms with van der Waals surface area (Å²) in [7, 11) is 0. The number of carbonyl (C=O) groups is 2. The molecule has 2 N–H and O–H groups in total. The van der Waals surface area contributed by atoms with Gasteiger partial charge in [-0.05, 0) is 25.5 Å². The van der Waals surface area contributed by atoms with Crippen LogP contribution in [-0.4, -0.2) is 52.3 Å². The van der Waals surface area contributed by atoms with E-state index in [9.17, 15) is 0 Å². The fourth-order valence-corrected chi connectivity index (χ4v) is 2.48. The summed E-state index contributed by atoms with van der Waals surface area (Å²) in [5, 5.41) is 15.6. The molecule has 2 unspecified atom stereocenters. The molecule has 1 aliphatic rings. The smallest absolute Gasteiger partial charge is 0.414 e. The molecule has 1 aromatic carbocycles. The van der Waals surface area contributed by atoms with E-state index in [1.165, 1.54) is 5.56 Å². The first-order valence-electron chi connectivity index (χ1n) is 6.87. The molecule has 1 aromatic rings. The average Bonchev–Trinajstić information content (AvgIpc) is 2.41. The maximum absolute atomic E-state index is 9.10. The molecule has 1 fully saturated rings. The van der Waals surface area contributed by atoms with E-state index in [1.54, 1.807) is 0 Å². The SMILES string of the molecule is CC1CN(Cc2ccccc2Cl)CC(C)O1.O=C(O)C(=O)O. The molecule has 0 aliphatic carbocycles. The highest BCUT2D eigenvalue weighted by molar-refractivity contribution is 6.31. The van der Waals surface area contributed by atoms with Gasteiger partial charge in [-0.15, -0.1) is 0 Å². The first kappa shape index (κ1) is 18.4. The molecule has 1 heterocycles. The van der Waals surface area contributed by atoms with Crippen LogP contribution in [0.15, 0.2) is 24.3 Å². The summed E-state index contributed by atoms with van der Waals surface area (Å²) in [4.78, 5) is 20.6. The third-order valence-corrected chi connectivity index (χ3v) is 3.40. The molecule has 0 spiro atoms. The molecular formula is C15H20ClNO5. The number of morpholine rings is 1. The Labute approximate surface area is 134 Å². The van der Waals surface area contributed by atoms with E-state index >= 15 is 0 Å². The van der Waals surface area contributed by atoms with Crippen LogP contribution in [0.5, 0.6) is 0 Å². The third-order valence-electron chi connectivity index (χ3n) is 3.03. The van der Waals surface area contributed by atoms with Crippen molar-refractivity contribution >= 4 is 23.5 Å². The highest BCUT2D eigenvalue weighted by atomic mass is 35.5. The first-order valence-corrected chi connectivity index (χ1v) is 7.24. The number of halogens is 1. The van der Waals surface area contributed by atoms with Crippen molar-refractivity contribution in [3.63, 3.8) is 0 Å². The van der Waals surface area contributed by atoms with Crippen molar-refractivity contribution in [2.45, 2.75) is 32.6 Å². The molecule has 1 aliphatic heterocycles. The lowest BCUT2D eigenvalue weighted by Crippen LogP contribution is -2.44. The standard InChI is InChI=1S/C13H18ClNO.C2H2O4/c1-10-7-15(8-11(2)16-10)9-12-5-3-4-6-13(12)14;3-1(4)2(5)6/h3-6,10-11H,7-9H2,1-2H3;(H,3,4)(H,5,6). The summed E-state index contributed by atoms with van der Waals surface area (Å²) in [5.41, 5.74) is 1.20. The van der Waals surface area contributed by atoms with Crippen molar-refractivity contribution in [2.24, 2.45) is 0 Å². The van der Waals surface area contributed by atoms with Gasteiger partial charge in [-0.1, -0.05) is 29.8 Å². The number of hydrogen-bond donors (Lipinski definition) is 2. The predicted octanol–water partition coefficient (Wildman–Crippen LogP) is 2.10. The van der Waals surface area contributed by atoms with Crippen LogP contribution in [0.25, 0.3) is 0 Å². The van der Waals surface area contributed by atoms with Gasteiger partial charge < -0.3 is 14.9 Å². The number of hydrogen-bond acceptors (Lipinski definition) is 4. The van der Waals surface area contributed by atoms with Crippen LogP contribution in [0.3, 0.4) is 0 Å². The normalized spacial score (nSPS) is 21.6. The summed E-state index contributed by atoms with van der Waals surface area (Å²) in [6.07, 6.45) is 0.623. The van der Waals surface area contributed by atoms with Gasteiger partial charge in [-0.3, -0.25) is 4.90 Å². The number of nitrogens with zero attached hydrogens (tertiary/aromatic N) is 1. The van der Waals surface area contributed by atoms with Crippen LogP contribution in [0.1, 0.15) is 19.4 Å². The number of ether oxygens (including phenoxy) is 1. The fraction of sp³-hybridized carbons (Fsp3) is 0.467. The second kappa shape index (κ2) is 8.73. The maximum Gasteiger partial charge on any atom is 0.414 e. The zero-order valence-corrected chi connectivity index (χ0v) is 13.3. The summed E-state index contributed by atoms with van der Waals surface area (Å²) in [5.74, 6) is -3.65. The number of benzene rings is 1. The fourth-order valence-electron chi connectivity index (χ4n) is 2.28. The van der Waals surface area contributed by atoms with E-state index in [4.69, 9.17) is 36.1 Å². The van der Waals surface area contributed by atoms with E-state index in [-0.39, 0.29) is 0 Å². The summed E-state index contributed by atoms with van der Waals surface area (Å²) in [6, 6.07) is 8.04. The van der Waals surface area contributed by atoms with Gasteiger partial charge in [0.2, 0.25) is 0 Å². The Kier molecular flexibility index (Phi) is 7.31. The highest BCUT2D eigenvalue weighted by Crippen LogP contribution is 2.19. The monoisotopic (exact) mass is 329 g/mol. The van der Waals surface area contributed by atoms with Crippen molar-refractivity contribution in [3.05, 3.63) is 34.9 Å². The quantitative estimate of drug-likeness (QED) is 0.808. The molecule has 6 nitrogen and oxygen atoms in total. The first-order chi connectivity index (χ1) is 10.3. The minimum atomic E-state index is -1.82. The van der Waals surface area contributed by atoms with Crippen molar-refractivity contribution in [3.8, 4) is 0 Å². The van der Waals surface area contributed by atoms with Crippen LogP contribution in [0, 0.1) is 0 Å². The van der Waals surface area contributed by atoms with Crippen LogP contribution < -0.4 is 0 Å². The van der Waals surface area contributed by atoms with Crippen molar-refractivity contribution < 1.29 is 24.5 Å². The molecule has 0 bridgehead atoms. The Morgan fingerprint density at radius 1 is 1.18 bits per heavy atom. The van der Waals surface area contributed by atoms with Crippen LogP contribution in [0.4, 0.5) is 0 Å². The van der Waals surface area contributed by atoms with Crippen LogP contribution >= 0.6 is 11.6 Å². The van der Waals surface area contributed by atoms with Gasteiger partial charge in [-0.25, -0.2) is 9.59 Å². The summed E-state index contributed by atoms with van der Waals surface area (Å²) in [6.45, 7) is 7.12. The number of rotatable bonds is 2. The van der Waals surface area contributed by atoms with Crippen LogP contribution in [0.2, 0.25) is 5.02 Å². The lowest BCUT2D eigenvalue weighted by atomic mass is 10.1. The molecule has 7 heteroatoms. The molecular weight excluding hydrogens is 310 g/mol. The molecule has 0 saturated carbocycles. The number of aliphatic carboxylic acids is 2. The van der Waals surface area contributed by atoms with Crippen molar-refractivity contribution in [1.82, 2.24) is 4.90 Å². The lowest BCUT2D eigenvalue weighted by molar-refractivity contribution is -0.159. The zero-order chi connectivity index (χ0) is 16.7. The molecule has 2 atom stereocenters. The number of carboxylic acids is 2. The van der Waals surface area contributed by atoms with Gasteiger partial charge in [0.25, 0.3) is 0 Å². The van der Waals surface area contributed by atoms with E-state index in [2.05, 4.69) is 24.8 Å². The van der Waals surface area contributed by atoms with Gasteiger partial charge >= 0.3 is 11.9 Å². The second-order valence-corrected chi connectivity index (χ2v) is 5.56. The number of carboxylic acid groups (broad SMARTS) is 2. The molecule has 0 aromatic heterocycles. The van der Waals surface area contributed by atoms with Crippen molar-refractivity contribution in [1.29, 1.82) is 0 Å². The van der Waals surface area contributed by atoms with Crippen LogP contribution in [-0.2, 0) is 20.9 Å². The Morgan fingerprint density at radius 3 is 2.14 bits per heavy atom. The third kappa shape index (κ3) is 6.43. The Hall–Kier alpha value is -1.63. The van der Waals surface area contributed by atoms with Gasteiger partial charge in [0.1, 0.15) is 0 Å².